The Bertz CT molecular complexity index is 563. The molecule has 8 heteroatoms. The van der Waals surface area contributed by atoms with Gasteiger partial charge in [-0.25, -0.2) is 4.79 Å². The summed E-state index contributed by atoms with van der Waals surface area (Å²) in [6.45, 7) is 5.94. The molecule has 5 nitrogen and oxygen atoms in total. The van der Waals surface area contributed by atoms with E-state index in [4.69, 9.17) is 9.47 Å². The minimum absolute atomic E-state index is 0.251. The zero-order chi connectivity index (χ0) is 17.3. The Balaban J connectivity index is 1.84. The van der Waals surface area contributed by atoms with E-state index < -0.39 is 18.1 Å². The summed E-state index contributed by atoms with van der Waals surface area (Å²) < 4.78 is 51.0. The molecule has 1 saturated heterocycles. The van der Waals surface area contributed by atoms with Crippen LogP contribution in [0.3, 0.4) is 0 Å². The number of alkyl halides is 3. The molecule has 0 bridgehead atoms. The Hall–Kier alpha value is -2.12. The zero-order valence-corrected chi connectivity index (χ0v) is 13.0. The predicted octanol–water partition coefficient (Wildman–Crippen LogP) is 3.58. The maximum atomic E-state index is 12.2. The summed E-state index contributed by atoms with van der Waals surface area (Å²) in [7, 11) is 0. The second-order valence-electron chi connectivity index (χ2n) is 6.15. The van der Waals surface area contributed by atoms with Gasteiger partial charge in [0.2, 0.25) is 0 Å². The van der Waals surface area contributed by atoms with Gasteiger partial charge in [-0.15, -0.1) is 13.2 Å². The Labute approximate surface area is 131 Å². The molecule has 128 valence electrons. The first-order chi connectivity index (χ1) is 10.5. The highest BCUT2D eigenvalue weighted by atomic mass is 19.4. The van der Waals surface area contributed by atoms with Crippen molar-refractivity contribution < 1.29 is 32.2 Å². The van der Waals surface area contributed by atoms with Crippen molar-refractivity contribution in [3.8, 4) is 11.5 Å². The van der Waals surface area contributed by atoms with Gasteiger partial charge in [-0.2, -0.15) is 0 Å². The first-order valence-electron chi connectivity index (χ1n) is 7.02. The van der Waals surface area contributed by atoms with Crippen molar-refractivity contribution in [1.82, 2.24) is 4.90 Å². The van der Waals surface area contributed by atoms with Crippen LogP contribution in [-0.4, -0.2) is 42.2 Å². The van der Waals surface area contributed by atoms with Crippen LogP contribution in [0, 0.1) is 0 Å². The molecular formula is C15H18F3NO4. The number of carbonyl (C=O) groups is 1. The number of carbonyl (C=O) groups excluding carboxylic acids is 1. The van der Waals surface area contributed by atoms with E-state index in [-0.39, 0.29) is 17.6 Å². The topological polar surface area (TPSA) is 48.0 Å². The highest BCUT2D eigenvalue weighted by molar-refractivity contribution is 5.69. The Kier molecular flexibility index (Phi) is 4.63. The molecule has 0 saturated carbocycles. The molecule has 0 N–H and O–H groups in total. The third kappa shape index (κ3) is 5.54. The summed E-state index contributed by atoms with van der Waals surface area (Å²) in [4.78, 5) is 13.2. The van der Waals surface area contributed by atoms with Crippen molar-refractivity contribution >= 4 is 6.09 Å². The van der Waals surface area contributed by atoms with Crippen molar-refractivity contribution in [1.29, 1.82) is 0 Å². The number of amides is 1. The first kappa shape index (κ1) is 17.2. The highest BCUT2D eigenvalue weighted by Gasteiger charge is 2.35. The summed E-state index contributed by atoms with van der Waals surface area (Å²) >= 11 is 0. The largest absolute Gasteiger partial charge is 0.573 e. The number of halogens is 3. The Morgan fingerprint density at radius 2 is 1.78 bits per heavy atom. The Morgan fingerprint density at radius 1 is 1.17 bits per heavy atom. The van der Waals surface area contributed by atoms with Crippen molar-refractivity contribution in [2.75, 3.05) is 13.1 Å². The zero-order valence-electron chi connectivity index (χ0n) is 13.0. The standard InChI is InChI=1S/C15H18F3NO4/c1-14(2,3)23-13(20)19-8-12(9-19)21-10-5-4-6-11(7-10)22-15(16,17)18/h4-7,12H,8-9H2,1-3H3. The van der Waals surface area contributed by atoms with E-state index in [9.17, 15) is 18.0 Å². The number of hydrogen-bond acceptors (Lipinski definition) is 4. The summed E-state index contributed by atoms with van der Waals surface area (Å²) in [5, 5.41) is 0. The Morgan fingerprint density at radius 3 is 2.35 bits per heavy atom. The summed E-state index contributed by atoms with van der Waals surface area (Å²) in [6.07, 6.45) is -5.47. The fourth-order valence-electron chi connectivity index (χ4n) is 1.93. The van der Waals surface area contributed by atoms with Gasteiger partial charge in [0, 0.05) is 6.07 Å². The second-order valence-corrected chi connectivity index (χ2v) is 6.15. The molecule has 1 aliphatic heterocycles. The quantitative estimate of drug-likeness (QED) is 0.848. The van der Waals surface area contributed by atoms with E-state index >= 15 is 0 Å². The van der Waals surface area contributed by atoms with Crippen LogP contribution in [0.4, 0.5) is 18.0 Å². The molecule has 1 aliphatic rings. The van der Waals surface area contributed by atoms with Crippen molar-refractivity contribution in [3.05, 3.63) is 24.3 Å². The molecule has 1 aromatic carbocycles. The minimum Gasteiger partial charge on any atom is -0.487 e. The molecule has 0 radical (unpaired) electrons. The van der Waals surface area contributed by atoms with Gasteiger partial charge in [0.05, 0.1) is 13.1 Å². The van der Waals surface area contributed by atoms with E-state index in [0.717, 1.165) is 6.07 Å². The van der Waals surface area contributed by atoms with Crippen LogP contribution < -0.4 is 9.47 Å². The van der Waals surface area contributed by atoms with Gasteiger partial charge in [0.1, 0.15) is 23.2 Å². The van der Waals surface area contributed by atoms with E-state index in [1.807, 2.05) is 0 Å². The smallest absolute Gasteiger partial charge is 0.487 e. The van der Waals surface area contributed by atoms with Crippen LogP contribution in [0.5, 0.6) is 11.5 Å². The van der Waals surface area contributed by atoms with Gasteiger partial charge in [-0.1, -0.05) is 6.07 Å². The van der Waals surface area contributed by atoms with Crippen molar-refractivity contribution in [3.63, 3.8) is 0 Å². The second kappa shape index (κ2) is 6.17. The highest BCUT2D eigenvalue weighted by Crippen LogP contribution is 2.27. The van der Waals surface area contributed by atoms with Crippen molar-refractivity contribution in [2.24, 2.45) is 0 Å². The molecule has 0 atom stereocenters. The predicted molar refractivity (Wildman–Crippen MR) is 75.3 cm³/mol. The molecule has 1 aromatic rings. The molecule has 0 aliphatic carbocycles. The lowest BCUT2D eigenvalue weighted by Crippen LogP contribution is -2.57. The number of nitrogens with zero attached hydrogens (tertiary/aromatic N) is 1. The molecule has 0 spiro atoms. The minimum atomic E-state index is -4.75. The molecule has 1 heterocycles. The molecule has 1 fully saturated rings. The van der Waals surface area contributed by atoms with Gasteiger partial charge in [0.25, 0.3) is 0 Å². The third-order valence-corrected chi connectivity index (χ3v) is 2.84. The van der Waals surface area contributed by atoms with Crippen LogP contribution in [0.15, 0.2) is 24.3 Å². The number of ether oxygens (including phenoxy) is 3. The van der Waals surface area contributed by atoms with Crippen LogP contribution in [-0.2, 0) is 4.74 Å². The first-order valence-corrected chi connectivity index (χ1v) is 7.02. The lowest BCUT2D eigenvalue weighted by atomic mass is 10.1. The SMILES string of the molecule is CC(C)(C)OC(=O)N1CC(Oc2cccc(OC(F)(F)F)c2)C1. The van der Waals surface area contributed by atoms with E-state index in [1.54, 1.807) is 20.8 Å². The number of benzene rings is 1. The van der Waals surface area contributed by atoms with Gasteiger partial charge in [0.15, 0.2) is 0 Å². The average molecular weight is 333 g/mol. The molecular weight excluding hydrogens is 315 g/mol. The normalized spacial score (nSPS) is 15.8. The molecule has 0 unspecified atom stereocenters. The molecule has 2 rings (SSSR count). The summed E-state index contributed by atoms with van der Waals surface area (Å²) in [5.74, 6) is -0.0982. The monoisotopic (exact) mass is 333 g/mol. The van der Waals surface area contributed by atoms with Gasteiger partial charge in [-0.05, 0) is 32.9 Å². The fraction of sp³-hybridized carbons (Fsp3) is 0.533. The van der Waals surface area contributed by atoms with Gasteiger partial charge in [-0.3, -0.25) is 0 Å². The maximum absolute atomic E-state index is 12.2. The lowest BCUT2D eigenvalue weighted by molar-refractivity contribution is -0.274. The van der Waals surface area contributed by atoms with Crippen LogP contribution in [0.25, 0.3) is 0 Å². The van der Waals surface area contributed by atoms with E-state index in [2.05, 4.69) is 4.74 Å². The van der Waals surface area contributed by atoms with Crippen LogP contribution in [0.1, 0.15) is 20.8 Å². The molecule has 23 heavy (non-hydrogen) atoms. The summed E-state index contributed by atoms with van der Waals surface area (Å²) in [5.41, 5.74) is -0.577. The fourth-order valence-corrected chi connectivity index (χ4v) is 1.93. The van der Waals surface area contributed by atoms with Crippen molar-refractivity contribution in [2.45, 2.75) is 38.8 Å². The molecule has 1 amide bonds. The lowest BCUT2D eigenvalue weighted by Gasteiger charge is -2.39. The number of rotatable bonds is 3. The number of hydrogen-bond donors (Lipinski definition) is 0. The van der Waals surface area contributed by atoms with Gasteiger partial charge < -0.3 is 19.1 Å². The van der Waals surface area contributed by atoms with Gasteiger partial charge >= 0.3 is 12.5 Å². The maximum Gasteiger partial charge on any atom is 0.573 e. The van der Waals surface area contributed by atoms with E-state index in [1.165, 1.54) is 23.1 Å². The third-order valence-electron chi connectivity index (χ3n) is 2.84. The van der Waals surface area contributed by atoms with E-state index in [0.29, 0.717) is 13.1 Å². The summed E-state index contributed by atoms with van der Waals surface area (Å²) in [6, 6.07) is 5.28. The van der Waals surface area contributed by atoms with Crippen LogP contribution in [0.2, 0.25) is 0 Å². The molecule has 0 aromatic heterocycles. The van der Waals surface area contributed by atoms with Crippen LogP contribution >= 0.6 is 0 Å². The number of likely N-dealkylation sites (tertiary alicyclic amines) is 1. The average Bonchev–Trinajstić information content (AvgIpc) is 2.29.